The van der Waals surface area contributed by atoms with Crippen LogP contribution in [0.5, 0.6) is 0 Å². The largest absolute Gasteiger partial charge is 0.355 e. The highest BCUT2D eigenvalue weighted by molar-refractivity contribution is 6.00. The first-order valence-corrected chi connectivity index (χ1v) is 6.49. The van der Waals surface area contributed by atoms with Gasteiger partial charge in [-0.15, -0.1) is 0 Å². The number of hydrogen-bond acceptors (Lipinski definition) is 3. The quantitative estimate of drug-likeness (QED) is 0.653. The molecule has 0 bridgehead atoms. The Labute approximate surface area is 116 Å². The molecule has 0 aliphatic carbocycles. The molecule has 1 heterocycles. The number of carbonyl (C=O) groups is 3. The van der Waals surface area contributed by atoms with Crippen LogP contribution >= 0.6 is 0 Å². The molecular formula is C14H17N3O3. The first kappa shape index (κ1) is 14.0. The van der Waals surface area contributed by atoms with E-state index in [1.807, 2.05) is 12.1 Å². The van der Waals surface area contributed by atoms with Gasteiger partial charge < -0.3 is 16.0 Å². The molecule has 3 N–H and O–H groups in total. The molecule has 106 valence electrons. The highest BCUT2D eigenvalue weighted by Gasteiger charge is 2.28. The molecule has 1 aromatic carbocycles. The number of fused-ring (bicyclic) bond motifs is 1. The Balaban J connectivity index is 1.90. The Morgan fingerprint density at radius 2 is 1.95 bits per heavy atom. The molecule has 1 aliphatic rings. The summed E-state index contributed by atoms with van der Waals surface area (Å²) in [5, 5.41) is 7.96. The first-order valence-electron chi connectivity index (χ1n) is 6.49. The standard InChI is InChI=1S/C14H17N3O3/c1-9(18)15-6-7-16-14(20)12-8-10-4-2-3-5-11(10)13(19)17-12/h2-5,12H,6-8H2,1H3,(H,15,18)(H,16,20)(H,17,19). The fourth-order valence-electron chi connectivity index (χ4n) is 2.13. The lowest BCUT2D eigenvalue weighted by Gasteiger charge is -2.24. The summed E-state index contributed by atoms with van der Waals surface area (Å²) in [6.45, 7) is 2.13. The number of amides is 3. The smallest absolute Gasteiger partial charge is 0.252 e. The van der Waals surface area contributed by atoms with Crippen LogP contribution in [0.1, 0.15) is 22.8 Å². The Hall–Kier alpha value is -2.37. The number of hydrogen-bond donors (Lipinski definition) is 3. The summed E-state index contributed by atoms with van der Waals surface area (Å²) in [4.78, 5) is 34.5. The molecule has 6 nitrogen and oxygen atoms in total. The van der Waals surface area contributed by atoms with Crippen molar-refractivity contribution in [1.29, 1.82) is 0 Å². The predicted octanol–water partition coefficient (Wildman–Crippen LogP) is -0.407. The molecule has 3 amide bonds. The van der Waals surface area contributed by atoms with Crippen LogP contribution in [0.25, 0.3) is 0 Å². The molecule has 0 radical (unpaired) electrons. The van der Waals surface area contributed by atoms with Crippen molar-refractivity contribution in [2.24, 2.45) is 0 Å². The highest BCUT2D eigenvalue weighted by Crippen LogP contribution is 2.16. The van der Waals surface area contributed by atoms with Crippen LogP contribution in [0, 0.1) is 0 Å². The summed E-state index contributed by atoms with van der Waals surface area (Å²) in [5.74, 6) is -0.605. The Morgan fingerprint density at radius 3 is 2.70 bits per heavy atom. The van der Waals surface area contributed by atoms with Crippen molar-refractivity contribution >= 4 is 17.7 Å². The van der Waals surface area contributed by atoms with Crippen LogP contribution in [0.2, 0.25) is 0 Å². The Bertz CT molecular complexity index is 542. The molecular weight excluding hydrogens is 258 g/mol. The summed E-state index contributed by atoms with van der Waals surface area (Å²) in [5.41, 5.74) is 1.49. The van der Waals surface area contributed by atoms with Gasteiger partial charge in [-0.3, -0.25) is 14.4 Å². The summed E-state index contributed by atoms with van der Waals surface area (Å²) in [7, 11) is 0. The second kappa shape index (κ2) is 6.18. The topological polar surface area (TPSA) is 87.3 Å². The van der Waals surface area contributed by atoms with Crippen molar-refractivity contribution in [3.63, 3.8) is 0 Å². The van der Waals surface area contributed by atoms with E-state index in [-0.39, 0.29) is 17.7 Å². The van der Waals surface area contributed by atoms with Crippen LogP contribution in [0.3, 0.4) is 0 Å². The summed E-state index contributed by atoms with van der Waals surface area (Å²) >= 11 is 0. The summed E-state index contributed by atoms with van der Waals surface area (Å²) in [6.07, 6.45) is 0.480. The highest BCUT2D eigenvalue weighted by atomic mass is 16.2. The van der Waals surface area contributed by atoms with E-state index in [1.165, 1.54) is 6.92 Å². The summed E-state index contributed by atoms with van der Waals surface area (Å²) in [6, 6.07) is 6.69. The van der Waals surface area contributed by atoms with Gasteiger partial charge in [0.05, 0.1) is 0 Å². The van der Waals surface area contributed by atoms with E-state index in [1.54, 1.807) is 12.1 Å². The van der Waals surface area contributed by atoms with Crippen molar-refractivity contribution in [1.82, 2.24) is 16.0 Å². The van der Waals surface area contributed by atoms with E-state index in [0.717, 1.165) is 5.56 Å². The minimum Gasteiger partial charge on any atom is -0.355 e. The Morgan fingerprint density at radius 1 is 1.25 bits per heavy atom. The third-order valence-electron chi connectivity index (χ3n) is 3.11. The van der Waals surface area contributed by atoms with E-state index in [4.69, 9.17) is 0 Å². The van der Waals surface area contributed by atoms with Crippen molar-refractivity contribution < 1.29 is 14.4 Å². The molecule has 0 aromatic heterocycles. The molecule has 1 aliphatic heterocycles. The van der Waals surface area contributed by atoms with Crippen LogP contribution in [-0.2, 0) is 16.0 Å². The average Bonchev–Trinajstić information content (AvgIpc) is 2.43. The number of carbonyl (C=O) groups excluding carboxylic acids is 3. The van der Waals surface area contributed by atoms with Gasteiger partial charge >= 0.3 is 0 Å². The second-order valence-corrected chi connectivity index (χ2v) is 4.66. The zero-order chi connectivity index (χ0) is 14.5. The normalized spacial score (nSPS) is 16.9. The van der Waals surface area contributed by atoms with E-state index < -0.39 is 6.04 Å². The number of rotatable bonds is 4. The molecule has 1 atom stereocenters. The zero-order valence-corrected chi connectivity index (χ0v) is 11.2. The van der Waals surface area contributed by atoms with Crippen LogP contribution < -0.4 is 16.0 Å². The van der Waals surface area contributed by atoms with Gasteiger partial charge in [-0.05, 0) is 11.6 Å². The number of benzene rings is 1. The van der Waals surface area contributed by atoms with Gasteiger partial charge in [0.2, 0.25) is 11.8 Å². The third-order valence-corrected chi connectivity index (χ3v) is 3.11. The van der Waals surface area contributed by atoms with Gasteiger partial charge in [-0.1, -0.05) is 18.2 Å². The van der Waals surface area contributed by atoms with Gasteiger partial charge in [0, 0.05) is 32.0 Å². The maximum absolute atomic E-state index is 12.0. The molecule has 0 saturated heterocycles. The van der Waals surface area contributed by atoms with E-state index in [0.29, 0.717) is 25.1 Å². The van der Waals surface area contributed by atoms with Crippen molar-refractivity contribution in [2.75, 3.05) is 13.1 Å². The van der Waals surface area contributed by atoms with E-state index in [2.05, 4.69) is 16.0 Å². The lowest BCUT2D eigenvalue weighted by molar-refractivity contribution is -0.123. The molecule has 0 spiro atoms. The monoisotopic (exact) mass is 275 g/mol. The molecule has 1 aromatic rings. The lowest BCUT2D eigenvalue weighted by Crippen LogP contribution is -2.51. The zero-order valence-electron chi connectivity index (χ0n) is 11.2. The SMILES string of the molecule is CC(=O)NCCNC(=O)C1Cc2ccccc2C(=O)N1. The molecule has 2 rings (SSSR count). The maximum atomic E-state index is 12.0. The van der Waals surface area contributed by atoms with Crippen LogP contribution in [0.15, 0.2) is 24.3 Å². The minimum atomic E-state index is -0.560. The molecule has 0 fully saturated rings. The van der Waals surface area contributed by atoms with Gasteiger partial charge in [-0.2, -0.15) is 0 Å². The van der Waals surface area contributed by atoms with Gasteiger partial charge in [-0.25, -0.2) is 0 Å². The van der Waals surface area contributed by atoms with Gasteiger partial charge in [0.15, 0.2) is 0 Å². The second-order valence-electron chi connectivity index (χ2n) is 4.66. The van der Waals surface area contributed by atoms with Crippen molar-refractivity contribution in [2.45, 2.75) is 19.4 Å². The van der Waals surface area contributed by atoms with Crippen molar-refractivity contribution in [3.8, 4) is 0 Å². The summed E-state index contributed by atoms with van der Waals surface area (Å²) < 4.78 is 0. The third kappa shape index (κ3) is 3.34. The first-order chi connectivity index (χ1) is 9.58. The molecule has 20 heavy (non-hydrogen) atoms. The lowest BCUT2D eigenvalue weighted by atomic mass is 9.95. The van der Waals surface area contributed by atoms with Crippen molar-refractivity contribution in [3.05, 3.63) is 35.4 Å². The van der Waals surface area contributed by atoms with Gasteiger partial charge in [0.25, 0.3) is 5.91 Å². The minimum absolute atomic E-state index is 0.140. The molecule has 0 saturated carbocycles. The van der Waals surface area contributed by atoms with E-state index >= 15 is 0 Å². The van der Waals surface area contributed by atoms with Crippen LogP contribution in [-0.4, -0.2) is 36.9 Å². The number of nitrogens with one attached hydrogen (secondary N) is 3. The molecule has 6 heteroatoms. The average molecular weight is 275 g/mol. The van der Waals surface area contributed by atoms with E-state index in [9.17, 15) is 14.4 Å². The maximum Gasteiger partial charge on any atom is 0.252 e. The fraction of sp³-hybridized carbons (Fsp3) is 0.357. The fourth-order valence-corrected chi connectivity index (χ4v) is 2.13. The predicted molar refractivity (Wildman–Crippen MR) is 73.1 cm³/mol. The molecule has 1 unspecified atom stereocenters. The Kier molecular flexibility index (Phi) is 4.34. The van der Waals surface area contributed by atoms with Crippen LogP contribution in [0.4, 0.5) is 0 Å². The van der Waals surface area contributed by atoms with Gasteiger partial charge in [0.1, 0.15) is 6.04 Å².